The number of anilines is 2. The summed E-state index contributed by atoms with van der Waals surface area (Å²) in [6.07, 6.45) is 0. The fourth-order valence-corrected chi connectivity index (χ4v) is 3.57. The maximum atomic E-state index is 13.0. The Labute approximate surface area is 182 Å². The second-order valence-corrected chi connectivity index (χ2v) is 7.63. The number of benzene rings is 3. The van der Waals surface area contributed by atoms with Crippen molar-refractivity contribution in [2.45, 2.75) is 4.90 Å². The van der Waals surface area contributed by atoms with Crippen molar-refractivity contribution in [2.24, 2.45) is 0 Å². The first-order valence-corrected chi connectivity index (χ1v) is 10.2. The van der Waals surface area contributed by atoms with Crippen LogP contribution in [-0.4, -0.2) is 24.7 Å². The van der Waals surface area contributed by atoms with Crippen LogP contribution < -0.4 is 15.4 Å². The van der Waals surface area contributed by atoms with Crippen molar-refractivity contribution in [1.29, 1.82) is 0 Å². The van der Waals surface area contributed by atoms with E-state index in [0.29, 0.717) is 27.7 Å². The lowest BCUT2D eigenvalue weighted by Crippen LogP contribution is -2.14. The Hall–Kier alpha value is -3.03. The number of halogens is 2. The molecule has 0 bridgehead atoms. The Morgan fingerprint density at radius 2 is 1.73 bits per heavy atom. The third kappa shape index (κ3) is 5.98. The summed E-state index contributed by atoms with van der Waals surface area (Å²) < 4.78 is 18.1. The molecule has 0 radical (unpaired) electrons. The third-order valence-electron chi connectivity index (χ3n) is 4.00. The Balaban J connectivity index is 1.55. The van der Waals surface area contributed by atoms with Gasteiger partial charge in [-0.2, -0.15) is 0 Å². The minimum Gasteiger partial charge on any atom is -0.495 e. The molecule has 0 heterocycles. The summed E-state index contributed by atoms with van der Waals surface area (Å²) in [5.74, 6) is -0.226. The molecule has 0 aromatic heterocycles. The molecule has 0 saturated carbocycles. The van der Waals surface area contributed by atoms with Gasteiger partial charge in [0.2, 0.25) is 5.91 Å². The fraction of sp³-hybridized carbons (Fsp3) is 0.0909. The van der Waals surface area contributed by atoms with E-state index >= 15 is 0 Å². The largest absolute Gasteiger partial charge is 0.495 e. The zero-order chi connectivity index (χ0) is 21.5. The van der Waals surface area contributed by atoms with Gasteiger partial charge in [-0.1, -0.05) is 17.7 Å². The summed E-state index contributed by atoms with van der Waals surface area (Å²) in [5, 5.41) is 5.95. The normalized spacial score (nSPS) is 10.4. The molecule has 0 fully saturated rings. The summed E-state index contributed by atoms with van der Waals surface area (Å²) in [6.45, 7) is 0. The van der Waals surface area contributed by atoms with Crippen molar-refractivity contribution in [3.8, 4) is 5.75 Å². The second kappa shape index (κ2) is 10.1. The molecule has 0 aliphatic heterocycles. The molecule has 8 heteroatoms. The molecule has 3 aromatic carbocycles. The Morgan fingerprint density at radius 1 is 1.00 bits per heavy atom. The number of thioether (sulfide) groups is 1. The van der Waals surface area contributed by atoms with Crippen LogP contribution in [0.2, 0.25) is 5.02 Å². The highest BCUT2D eigenvalue weighted by Crippen LogP contribution is 2.27. The predicted octanol–water partition coefficient (Wildman–Crippen LogP) is 5.47. The van der Waals surface area contributed by atoms with Gasteiger partial charge in [-0.15, -0.1) is 11.8 Å². The van der Waals surface area contributed by atoms with E-state index in [9.17, 15) is 14.0 Å². The van der Waals surface area contributed by atoms with Crippen LogP contribution in [0.15, 0.2) is 71.6 Å². The quantitative estimate of drug-likeness (QED) is 0.474. The average molecular weight is 445 g/mol. The Morgan fingerprint density at radius 3 is 2.43 bits per heavy atom. The molecule has 2 amide bonds. The van der Waals surface area contributed by atoms with Gasteiger partial charge in [-0.3, -0.25) is 9.59 Å². The number of rotatable bonds is 7. The maximum Gasteiger partial charge on any atom is 0.255 e. The molecule has 0 spiro atoms. The highest BCUT2D eigenvalue weighted by Gasteiger charge is 2.09. The number of nitrogens with one attached hydrogen (secondary N) is 2. The van der Waals surface area contributed by atoms with E-state index in [1.165, 1.54) is 43.1 Å². The SMILES string of the molecule is COc1ccc(NC(=O)CSc2cccc(NC(=O)c3ccc(F)cc3)c2)cc1Cl. The van der Waals surface area contributed by atoms with E-state index < -0.39 is 5.82 Å². The van der Waals surface area contributed by atoms with Crippen LogP contribution in [0.1, 0.15) is 10.4 Å². The van der Waals surface area contributed by atoms with Gasteiger partial charge in [0.15, 0.2) is 0 Å². The zero-order valence-electron chi connectivity index (χ0n) is 15.9. The van der Waals surface area contributed by atoms with Crippen molar-refractivity contribution >= 4 is 46.6 Å². The average Bonchev–Trinajstić information content (AvgIpc) is 2.73. The summed E-state index contributed by atoms with van der Waals surface area (Å²) >= 11 is 7.39. The van der Waals surface area contributed by atoms with Gasteiger partial charge in [0.1, 0.15) is 11.6 Å². The van der Waals surface area contributed by atoms with Gasteiger partial charge in [-0.25, -0.2) is 4.39 Å². The van der Waals surface area contributed by atoms with Gasteiger partial charge in [0, 0.05) is 21.8 Å². The van der Waals surface area contributed by atoms with Crippen molar-refractivity contribution in [3.63, 3.8) is 0 Å². The lowest BCUT2D eigenvalue weighted by molar-refractivity contribution is -0.113. The van der Waals surface area contributed by atoms with Gasteiger partial charge >= 0.3 is 0 Å². The highest BCUT2D eigenvalue weighted by molar-refractivity contribution is 8.00. The standard InChI is InChI=1S/C22H18ClFN2O3S/c1-29-20-10-9-17(12-19(20)23)25-21(27)13-30-18-4-2-3-16(11-18)26-22(28)14-5-7-15(24)8-6-14/h2-12H,13H2,1H3,(H,25,27)(H,26,28). The summed E-state index contributed by atoms with van der Waals surface area (Å²) in [4.78, 5) is 25.3. The fourth-order valence-electron chi connectivity index (χ4n) is 2.56. The van der Waals surface area contributed by atoms with Crippen LogP contribution in [0.5, 0.6) is 5.75 Å². The van der Waals surface area contributed by atoms with Crippen molar-refractivity contribution < 1.29 is 18.7 Å². The molecule has 154 valence electrons. The van der Waals surface area contributed by atoms with Gasteiger partial charge in [-0.05, 0) is 60.7 Å². The molecule has 0 atom stereocenters. The van der Waals surface area contributed by atoms with Gasteiger partial charge in [0.05, 0.1) is 17.9 Å². The molecular formula is C22H18ClFN2O3S. The number of amides is 2. The van der Waals surface area contributed by atoms with Crippen LogP contribution >= 0.6 is 23.4 Å². The van der Waals surface area contributed by atoms with E-state index in [4.69, 9.17) is 16.3 Å². The number of ether oxygens (including phenoxy) is 1. The maximum absolute atomic E-state index is 13.0. The highest BCUT2D eigenvalue weighted by atomic mass is 35.5. The molecule has 30 heavy (non-hydrogen) atoms. The number of methoxy groups -OCH3 is 1. The van der Waals surface area contributed by atoms with Crippen molar-refractivity contribution in [2.75, 3.05) is 23.5 Å². The van der Waals surface area contributed by atoms with Crippen LogP contribution in [0.3, 0.4) is 0 Å². The van der Waals surface area contributed by atoms with Crippen molar-refractivity contribution in [1.82, 2.24) is 0 Å². The minimum atomic E-state index is -0.403. The first-order chi connectivity index (χ1) is 14.4. The van der Waals surface area contributed by atoms with Crippen LogP contribution in [-0.2, 0) is 4.79 Å². The van der Waals surface area contributed by atoms with Crippen LogP contribution in [0.4, 0.5) is 15.8 Å². The number of hydrogen-bond acceptors (Lipinski definition) is 4. The van der Waals surface area contributed by atoms with E-state index in [1.807, 2.05) is 6.07 Å². The van der Waals surface area contributed by atoms with Crippen LogP contribution in [0, 0.1) is 5.82 Å². The number of carbonyl (C=O) groups is 2. The van der Waals surface area contributed by atoms with Gasteiger partial charge < -0.3 is 15.4 Å². The third-order valence-corrected chi connectivity index (χ3v) is 5.29. The van der Waals surface area contributed by atoms with E-state index in [2.05, 4.69) is 10.6 Å². The monoisotopic (exact) mass is 444 g/mol. The first kappa shape index (κ1) is 21.7. The number of hydrogen-bond donors (Lipinski definition) is 2. The molecule has 0 unspecified atom stereocenters. The van der Waals surface area contributed by atoms with Gasteiger partial charge in [0.25, 0.3) is 5.91 Å². The molecule has 0 saturated heterocycles. The molecule has 0 aliphatic rings. The molecule has 3 aromatic rings. The molecule has 2 N–H and O–H groups in total. The molecular weight excluding hydrogens is 427 g/mol. The minimum absolute atomic E-state index is 0.180. The smallest absolute Gasteiger partial charge is 0.255 e. The lowest BCUT2D eigenvalue weighted by atomic mass is 10.2. The Bertz CT molecular complexity index is 1060. The van der Waals surface area contributed by atoms with E-state index in [0.717, 1.165) is 4.90 Å². The van der Waals surface area contributed by atoms with Crippen molar-refractivity contribution in [3.05, 3.63) is 83.1 Å². The van der Waals surface area contributed by atoms with E-state index in [-0.39, 0.29) is 17.6 Å². The summed E-state index contributed by atoms with van der Waals surface area (Å²) in [7, 11) is 1.52. The first-order valence-electron chi connectivity index (χ1n) is 8.88. The second-order valence-electron chi connectivity index (χ2n) is 6.18. The predicted molar refractivity (Wildman–Crippen MR) is 118 cm³/mol. The molecule has 3 rings (SSSR count). The summed E-state index contributed by atoms with van der Waals surface area (Å²) in [5.41, 5.74) is 1.51. The lowest BCUT2D eigenvalue weighted by Gasteiger charge is -2.09. The molecule has 5 nitrogen and oxygen atoms in total. The zero-order valence-corrected chi connectivity index (χ0v) is 17.5. The topological polar surface area (TPSA) is 67.4 Å². The molecule has 0 aliphatic carbocycles. The van der Waals surface area contributed by atoms with E-state index in [1.54, 1.807) is 36.4 Å². The summed E-state index contributed by atoms with van der Waals surface area (Å²) in [6, 6.07) is 17.4. The Kier molecular flexibility index (Phi) is 7.32. The van der Waals surface area contributed by atoms with Crippen LogP contribution in [0.25, 0.3) is 0 Å². The number of carbonyl (C=O) groups excluding carboxylic acids is 2.